The molecule has 53 valence electrons. The van der Waals surface area contributed by atoms with Crippen molar-refractivity contribution in [3.05, 3.63) is 0 Å². The van der Waals surface area contributed by atoms with Gasteiger partial charge < -0.3 is 5.11 Å². The lowest BCUT2D eigenvalue weighted by atomic mass is 10.1. The van der Waals surface area contributed by atoms with Crippen LogP contribution in [0.15, 0.2) is 0 Å². The van der Waals surface area contributed by atoms with Crippen LogP contribution in [0.1, 0.15) is 0 Å². The zero-order valence-corrected chi connectivity index (χ0v) is 6.40. The summed E-state index contributed by atoms with van der Waals surface area (Å²) < 4.78 is 0. The van der Waals surface area contributed by atoms with E-state index in [1.54, 1.807) is 0 Å². The Balaban J connectivity index is 2.32. The number of aliphatic hydroxyl groups is 1. The number of nitrogens with zero attached hydrogens (tertiary/aromatic N) is 1. The molecule has 1 N–H and O–H groups in total. The molecule has 0 spiro atoms. The van der Waals surface area contributed by atoms with Gasteiger partial charge in [0, 0.05) is 30.9 Å². The monoisotopic (exact) mass is 146 g/mol. The molecule has 0 aromatic heterocycles. The van der Waals surface area contributed by atoms with Crippen molar-refractivity contribution in [1.82, 2.24) is 5.32 Å². The third-order valence-electron chi connectivity index (χ3n) is 1.74. The first-order valence-corrected chi connectivity index (χ1v) is 4.44. The molecule has 2 atom stereocenters. The second-order valence-corrected chi connectivity index (χ2v) is 3.38. The first-order valence-electron chi connectivity index (χ1n) is 3.15. The Morgan fingerprint density at radius 3 is 2.89 bits per heavy atom. The van der Waals surface area contributed by atoms with Gasteiger partial charge in [-0.15, -0.1) is 0 Å². The van der Waals surface area contributed by atoms with Crippen LogP contribution in [0.25, 0.3) is 0 Å². The van der Waals surface area contributed by atoms with Crippen molar-refractivity contribution in [2.45, 2.75) is 5.25 Å². The van der Waals surface area contributed by atoms with Gasteiger partial charge in [-0.3, -0.25) is 0 Å². The molecule has 1 saturated heterocycles. The van der Waals surface area contributed by atoms with E-state index in [2.05, 4.69) is 11.6 Å². The van der Waals surface area contributed by atoms with E-state index in [0.717, 1.165) is 13.1 Å². The molecule has 1 rings (SSSR count). The van der Waals surface area contributed by atoms with Crippen molar-refractivity contribution in [1.29, 1.82) is 0 Å². The van der Waals surface area contributed by atoms with Gasteiger partial charge in [0.25, 0.3) is 0 Å². The van der Waals surface area contributed by atoms with Gasteiger partial charge in [0.2, 0.25) is 0 Å². The molecular weight excluding hydrogens is 134 g/mol. The van der Waals surface area contributed by atoms with Crippen LogP contribution in [0, 0.1) is 5.92 Å². The Kier molecular flexibility index (Phi) is 2.82. The van der Waals surface area contributed by atoms with Gasteiger partial charge >= 0.3 is 0 Å². The molecular formula is C6H12NOS. The summed E-state index contributed by atoms with van der Waals surface area (Å²) in [6.07, 6.45) is 2.08. The Bertz CT molecular complexity index is 79.1. The molecule has 0 aromatic rings. The molecule has 2 unspecified atom stereocenters. The maximum absolute atomic E-state index is 8.79. The summed E-state index contributed by atoms with van der Waals surface area (Å²) in [5.74, 6) is 0.431. The Hall–Kier alpha value is 0.270. The smallest absolute Gasteiger partial charge is 0.0483 e. The highest BCUT2D eigenvalue weighted by atomic mass is 32.2. The molecule has 2 nitrogen and oxygen atoms in total. The van der Waals surface area contributed by atoms with Crippen molar-refractivity contribution in [2.75, 3.05) is 26.0 Å². The third-order valence-corrected chi connectivity index (χ3v) is 2.88. The average molecular weight is 146 g/mol. The highest BCUT2D eigenvalue weighted by molar-refractivity contribution is 7.99. The van der Waals surface area contributed by atoms with Crippen LogP contribution in [0.5, 0.6) is 0 Å². The van der Waals surface area contributed by atoms with Crippen molar-refractivity contribution in [3.63, 3.8) is 0 Å². The summed E-state index contributed by atoms with van der Waals surface area (Å²) in [5, 5.41) is 13.6. The number of rotatable bonds is 2. The fourth-order valence-electron chi connectivity index (χ4n) is 1.08. The van der Waals surface area contributed by atoms with Crippen molar-refractivity contribution < 1.29 is 5.11 Å². The van der Waals surface area contributed by atoms with E-state index in [0.29, 0.717) is 17.8 Å². The van der Waals surface area contributed by atoms with Gasteiger partial charge in [0.1, 0.15) is 0 Å². The highest BCUT2D eigenvalue weighted by Crippen LogP contribution is 2.20. The molecule has 0 amide bonds. The van der Waals surface area contributed by atoms with E-state index in [4.69, 9.17) is 5.11 Å². The molecule has 0 bridgehead atoms. The molecule has 0 aliphatic carbocycles. The zero-order valence-electron chi connectivity index (χ0n) is 5.58. The van der Waals surface area contributed by atoms with E-state index in [1.165, 1.54) is 0 Å². The summed E-state index contributed by atoms with van der Waals surface area (Å²) in [6, 6.07) is 0. The summed E-state index contributed by atoms with van der Waals surface area (Å²) in [7, 11) is 0. The van der Waals surface area contributed by atoms with Crippen molar-refractivity contribution in [3.8, 4) is 0 Å². The van der Waals surface area contributed by atoms with Crippen molar-refractivity contribution >= 4 is 11.8 Å². The summed E-state index contributed by atoms with van der Waals surface area (Å²) >= 11 is 1.81. The van der Waals surface area contributed by atoms with Gasteiger partial charge in [0.15, 0.2) is 0 Å². The summed E-state index contributed by atoms with van der Waals surface area (Å²) in [5.41, 5.74) is 0. The van der Waals surface area contributed by atoms with Crippen LogP contribution < -0.4 is 5.32 Å². The van der Waals surface area contributed by atoms with Crippen LogP contribution in [0.4, 0.5) is 0 Å². The standard InChI is InChI=1S/C6H12NOS/c1-9-6-3-7-2-5(6)4-8/h5-6,8H,2-4H2,1H3. The molecule has 3 heteroatoms. The second kappa shape index (κ2) is 3.44. The minimum absolute atomic E-state index is 0.301. The van der Waals surface area contributed by atoms with Crippen LogP contribution in [0.2, 0.25) is 0 Å². The molecule has 1 fully saturated rings. The normalized spacial score (nSPS) is 35.3. The fraction of sp³-hybridized carbons (Fsp3) is 1.00. The Morgan fingerprint density at radius 1 is 1.67 bits per heavy atom. The Labute approximate surface area is 60.0 Å². The van der Waals surface area contributed by atoms with Crippen LogP contribution in [-0.2, 0) is 0 Å². The summed E-state index contributed by atoms with van der Waals surface area (Å²) in [6.45, 7) is 2.10. The largest absolute Gasteiger partial charge is 0.396 e. The lowest BCUT2D eigenvalue weighted by Crippen LogP contribution is -2.17. The predicted octanol–water partition coefficient (Wildman–Crippen LogP) is -0.0555. The van der Waals surface area contributed by atoms with Gasteiger partial charge in [-0.2, -0.15) is 11.8 Å². The zero-order chi connectivity index (χ0) is 6.69. The van der Waals surface area contributed by atoms with E-state index in [1.807, 2.05) is 11.8 Å². The second-order valence-electron chi connectivity index (χ2n) is 2.31. The Morgan fingerprint density at radius 2 is 2.44 bits per heavy atom. The molecule has 1 aliphatic rings. The average Bonchev–Trinajstić information content (AvgIpc) is 2.33. The highest BCUT2D eigenvalue weighted by Gasteiger charge is 2.25. The minimum atomic E-state index is 0.301. The SMILES string of the molecule is CSC1C[N]CC1CO. The molecule has 1 aliphatic heterocycles. The van der Waals surface area contributed by atoms with Crippen LogP contribution in [-0.4, -0.2) is 36.3 Å². The first-order chi connectivity index (χ1) is 4.38. The van der Waals surface area contributed by atoms with E-state index >= 15 is 0 Å². The van der Waals surface area contributed by atoms with E-state index in [9.17, 15) is 0 Å². The van der Waals surface area contributed by atoms with Crippen LogP contribution in [0.3, 0.4) is 0 Å². The maximum Gasteiger partial charge on any atom is 0.0483 e. The third kappa shape index (κ3) is 1.60. The maximum atomic E-state index is 8.79. The molecule has 1 heterocycles. The van der Waals surface area contributed by atoms with Crippen LogP contribution >= 0.6 is 11.8 Å². The number of aliphatic hydroxyl groups excluding tert-OH is 1. The lowest BCUT2D eigenvalue weighted by Gasteiger charge is -2.11. The number of thioether (sulfide) groups is 1. The lowest BCUT2D eigenvalue weighted by molar-refractivity contribution is 0.240. The van der Waals surface area contributed by atoms with E-state index < -0.39 is 0 Å². The molecule has 0 saturated carbocycles. The topological polar surface area (TPSA) is 34.3 Å². The van der Waals surface area contributed by atoms with E-state index in [-0.39, 0.29) is 0 Å². The summed E-state index contributed by atoms with van der Waals surface area (Å²) in [4.78, 5) is 0. The fourth-order valence-corrected chi connectivity index (χ4v) is 1.89. The predicted molar refractivity (Wildman–Crippen MR) is 39.7 cm³/mol. The van der Waals surface area contributed by atoms with Gasteiger partial charge in [-0.1, -0.05) is 0 Å². The van der Waals surface area contributed by atoms with Gasteiger partial charge in [-0.25, -0.2) is 5.32 Å². The molecule has 0 aromatic carbocycles. The van der Waals surface area contributed by atoms with Gasteiger partial charge in [0.05, 0.1) is 0 Å². The molecule has 1 radical (unpaired) electrons. The molecule has 9 heavy (non-hydrogen) atoms. The quantitative estimate of drug-likeness (QED) is 0.592. The van der Waals surface area contributed by atoms with Crippen molar-refractivity contribution in [2.24, 2.45) is 5.92 Å². The first kappa shape index (κ1) is 7.38. The number of hydrogen-bond acceptors (Lipinski definition) is 2. The minimum Gasteiger partial charge on any atom is -0.396 e. The van der Waals surface area contributed by atoms with Gasteiger partial charge in [-0.05, 0) is 6.26 Å². The number of hydrogen-bond donors (Lipinski definition) is 1.